The Hall–Kier alpha value is -1.59. The second-order valence-electron chi connectivity index (χ2n) is 5.07. The number of hydrogen-bond donors (Lipinski definition) is 2. The smallest absolute Gasteiger partial charge is 0.154 e. The van der Waals surface area contributed by atoms with Crippen molar-refractivity contribution in [1.29, 1.82) is 0 Å². The van der Waals surface area contributed by atoms with Crippen LogP contribution in [-0.2, 0) is 0 Å². The Bertz CT molecular complexity index is 583. The molecule has 0 atom stereocenters. The molecule has 2 heterocycles. The molecule has 0 radical (unpaired) electrons. The molecule has 0 aliphatic heterocycles. The zero-order valence-corrected chi connectivity index (χ0v) is 13.9. The molecule has 0 unspecified atom stereocenters. The van der Waals surface area contributed by atoms with Gasteiger partial charge in [-0.3, -0.25) is 0 Å². The number of aromatic nitrogens is 3. The Labute approximate surface area is 137 Å². The number of rotatable bonds is 9. The molecule has 0 aliphatic carbocycles. The van der Waals surface area contributed by atoms with Gasteiger partial charge in [0.15, 0.2) is 5.65 Å². The van der Waals surface area contributed by atoms with Crippen LogP contribution < -0.4 is 5.32 Å². The van der Waals surface area contributed by atoms with Gasteiger partial charge in [-0.2, -0.15) is 0 Å². The quantitative estimate of drug-likeness (QED) is 0.693. The zero-order chi connectivity index (χ0) is 14.9. The third-order valence-corrected chi connectivity index (χ3v) is 3.29. The van der Waals surface area contributed by atoms with Gasteiger partial charge >= 0.3 is 0 Å². The van der Waals surface area contributed by atoms with Crippen LogP contribution >= 0.6 is 12.4 Å². The fourth-order valence-electron chi connectivity index (χ4n) is 2.08. The van der Waals surface area contributed by atoms with Crippen molar-refractivity contribution in [3.05, 3.63) is 30.1 Å². The number of nitrogens with zero attached hydrogens (tertiary/aromatic N) is 3. The molecular formula is C16H25ClN4O. The molecule has 122 valence electrons. The van der Waals surface area contributed by atoms with E-state index in [-0.39, 0.29) is 19.0 Å². The van der Waals surface area contributed by atoms with E-state index in [1.54, 1.807) is 0 Å². The number of aliphatic hydroxyl groups excluding tert-OH is 1. The van der Waals surface area contributed by atoms with Crippen LogP contribution in [0.3, 0.4) is 0 Å². The summed E-state index contributed by atoms with van der Waals surface area (Å²) in [4.78, 5) is 4.36. The Morgan fingerprint density at radius 3 is 2.91 bits per heavy atom. The van der Waals surface area contributed by atoms with Crippen LogP contribution in [0, 0.1) is 0 Å². The summed E-state index contributed by atoms with van der Waals surface area (Å²) in [7, 11) is 0. The molecule has 0 saturated heterocycles. The highest BCUT2D eigenvalue weighted by molar-refractivity contribution is 5.85. The van der Waals surface area contributed by atoms with E-state index in [9.17, 15) is 0 Å². The molecule has 0 bridgehead atoms. The molecule has 0 fully saturated rings. The third kappa shape index (κ3) is 5.31. The number of halogens is 1. The van der Waals surface area contributed by atoms with Crippen LogP contribution in [0.5, 0.6) is 0 Å². The standard InChI is InChI=1S/C16H24N4O.ClH/c1-2-3-4-5-8-14-13-18-16-10-9-15(19-20(14)16)17-11-6-7-12-21;/h5,8-10,13,21H,2-4,6-7,11-12H2,1H3,(H,17,19);1H. The zero-order valence-electron chi connectivity index (χ0n) is 13.0. The number of anilines is 1. The molecule has 5 nitrogen and oxygen atoms in total. The summed E-state index contributed by atoms with van der Waals surface area (Å²) in [5, 5.41) is 16.6. The van der Waals surface area contributed by atoms with Gasteiger partial charge in [-0.15, -0.1) is 17.5 Å². The average Bonchev–Trinajstić information content (AvgIpc) is 2.91. The van der Waals surface area contributed by atoms with Crippen LogP contribution in [0.1, 0.15) is 44.7 Å². The molecular weight excluding hydrogens is 300 g/mol. The number of allylic oxidation sites excluding steroid dienone is 1. The number of aliphatic hydroxyl groups is 1. The maximum Gasteiger partial charge on any atom is 0.154 e. The first-order valence-electron chi connectivity index (χ1n) is 7.71. The summed E-state index contributed by atoms with van der Waals surface area (Å²) in [6, 6.07) is 3.90. The number of imidazole rings is 1. The summed E-state index contributed by atoms with van der Waals surface area (Å²) < 4.78 is 1.86. The Morgan fingerprint density at radius 2 is 2.14 bits per heavy atom. The van der Waals surface area contributed by atoms with Gasteiger partial charge in [-0.05, 0) is 37.5 Å². The molecule has 2 aromatic rings. The van der Waals surface area contributed by atoms with Crippen LogP contribution in [0.25, 0.3) is 11.7 Å². The lowest BCUT2D eigenvalue weighted by Crippen LogP contribution is -2.06. The van der Waals surface area contributed by atoms with Crippen molar-refractivity contribution in [3.63, 3.8) is 0 Å². The summed E-state index contributed by atoms with van der Waals surface area (Å²) in [6.07, 6.45) is 11.4. The maximum absolute atomic E-state index is 8.77. The van der Waals surface area contributed by atoms with Gasteiger partial charge in [0.25, 0.3) is 0 Å². The first-order valence-corrected chi connectivity index (χ1v) is 7.71. The van der Waals surface area contributed by atoms with Crippen molar-refractivity contribution >= 4 is 29.9 Å². The SMILES string of the molecule is CCCCC=Cc1cnc2ccc(NCCCCO)nn12.Cl. The van der Waals surface area contributed by atoms with E-state index in [4.69, 9.17) is 5.11 Å². The molecule has 2 aromatic heterocycles. The van der Waals surface area contributed by atoms with Crippen molar-refractivity contribution in [3.8, 4) is 0 Å². The maximum atomic E-state index is 8.77. The minimum atomic E-state index is 0. The normalized spacial score (nSPS) is 11.0. The van der Waals surface area contributed by atoms with E-state index in [1.165, 1.54) is 12.8 Å². The highest BCUT2D eigenvalue weighted by atomic mass is 35.5. The van der Waals surface area contributed by atoms with Crippen molar-refractivity contribution in [2.24, 2.45) is 0 Å². The van der Waals surface area contributed by atoms with Crippen LogP contribution in [-0.4, -0.2) is 32.9 Å². The minimum Gasteiger partial charge on any atom is -0.396 e. The van der Waals surface area contributed by atoms with E-state index in [2.05, 4.69) is 34.5 Å². The van der Waals surface area contributed by atoms with E-state index in [0.717, 1.165) is 43.0 Å². The Morgan fingerprint density at radius 1 is 1.27 bits per heavy atom. The minimum absolute atomic E-state index is 0. The number of fused-ring (bicyclic) bond motifs is 1. The monoisotopic (exact) mass is 324 g/mol. The largest absolute Gasteiger partial charge is 0.396 e. The summed E-state index contributed by atoms with van der Waals surface area (Å²) in [6.45, 7) is 3.25. The van der Waals surface area contributed by atoms with E-state index < -0.39 is 0 Å². The molecule has 0 spiro atoms. The first kappa shape index (κ1) is 18.5. The van der Waals surface area contributed by atoms with Crippen molar-refractivity contribution in [2.75, 3.05) is 18.5 Å². The highest BCUT2D eigenvalue weighted by Gasteiger charge is 2.03. The number of unbranched alkanes of at least 4 members (excludes halogenated alkanes) is 3. The summed E-state index contributed by atoms with van der Waals surface area (Å²) in [5.74, 6) is 0.835. The van der Waals surface area contributed by atoms with Crippen molar-refractivity contribution < 1.29 is 5.11 Å². The lowest BCUT2D eigenvalue weighted by molar-refractivity contribution is 0.286. The Balaban J connectivity index is 0.00000242. The van der Waals surface area contributed by atoms with Gasteiger partial charge in [-0.25, -0.2) is 9.50 Å². The van der Waals surface area contributed by atoms with Crippen LogP contribution in [0.2, 0.25) is 0 Å². The second-order valence-corrected chi connectivity index (χ2v) is 5.07. The fraction of sp³-hybridized carbons (Fsp3) is 0.500. The highest BCUT2D eigenvalue weighted by Crippen LogP contribution is 2.11. The van der Waals surface area contributed by atoms with Gasteiger partial charge in [0.2, 0.25) is 0 Å². The molecule has 2 N–H and O–H groups in total. The lowest BCUT2D eigenvalue weighted by atomic mass is 10.2. The number of nitrogens with one attached hydrogen (secondary N) is 1. The van der Waals surface area contributed by atoms with Gasteiger partial charge in [0.1, 0.15) is 5.82 Å². The Kier molecular flexibility index (Phi) is 8.55. The topological polar surface area (TPSA) is 62.5 Å². The number of hydrogen-bond acceptors (Lipinski definition) is 4. The van der Waals surface area contributed by atoms with Gasteiger partial charge in [-0.1, -0.05) is 25.8 Å². The predicted molar refractivity (Wildman–Crippen MR) is 93.6 cm³/mol. The second kappa shape index (κ2) is 10.2. The summed E-state index contributed by atoms with van der Waals surface area (Å²) >= 11 is 0. The molecule has 6 heteroatoms. The van der Waals surface area contributed by atoms with Gasteiger partial charge in [0.05, 0.1) is 11.9 Å². The molecule has 22 heavy (non-hydrogen) atoms. The van der Waals surface area contributed by atoms with Crippen molar-refractivity contribution in [2.45, 2.75) is 39.0 Å². The van der Waals surface area contributed by atoms with Gasteiger partial charge < -0.3 is 10.4 Å². The third-order valence-electron chi connectivity index (χ3n) is 3.29. The predicted octanol–water partition coefficient (Wildman–Crippen LogP) is 3.54. The van der Waals surface area contributed by atoms with Crippen molar-refractivity contribution in [1.82, 2.24) is 14.6 Å². The lowest BCUT2D eigenvalue weighted by Gasteiger charge is -2.05. The molecule has 0 aromatic carbocycles. The van der Waals surface area contributed by atoms with E-state index in [1.807, 2.05) is 22.8 Å². The summed E-state index contributed by atoms with van der Waals surface area (Å²) in [5.41, 5.74) is 1.85. The van der Waals surface area contributed by atoms with Crippen LogP contribution in [0.4, 0.5) is 5.82 Å². The molecule has 0 saturated carbocycles. The van der Waals surface area contributed by atoms with Crippen LogP contribution in [0.15, 0.2) is 24.4 Å². The van der Waals surface area contributed by atoms with E-state index in [0.29, 0.717) is 0 Å². The first-order chi connectivity index (χ1) is 10.3. The average molecular weight is 325 g/mol. The molecule has 0 aliphatic rings. The van der Waals surface area contributed by atoms with Gasteiger partial charge in [0, 0.05) is 13.2 Å². The fourth-order valence-corrected chi connectivity index (χ4v) is 2.08. The van der Waals surface area contributed by atoms with E-state index >= 15 is 0 Å². The molecule has 2 rings (SSSR count). The molecule has 0 amide bonds.